The molecule has 0 fully saturated rings. The Balaban J connectivity index is 1.63. The van der Waals surface area contributed by atoms with Crippen molar-refractivity contribution in [3.05, 3.63) is 79.8 Å². The number of rotatable bonds is 3. The minimum Gasteiger partial charge on any atom is -0.444 e. The van der Waals surface area contributed by atoms with Gasteiger partial charge in [0.15, 0.2) is 12.2 Å². The topological polar surface area (TPSA) is 74.8 Å². The molecule has 126 valence electrons. The standard InChI is InChI=1S/C20H15N5O/c21-15-8-16(24-5-1-2-6-24)10-17(9-15)25-12-23-18-7-14(3-4-19(18)25)20-11-22-13-26-20/h1-13H,21H2. The fourth-order valence-corrected chi connectivity index (χ4v) is 3.14. The van der Waals surface area contributed by atoms with Gasteiger partial charge in [0.2, 0.25) is 0 Å². The zero-order chi connectivity index (χ0) is 17.5. The maximum absolute atomic E-state index is 6.14. The van der Waals surface area contributed by atoms with Gasteiger partial charge in [-0.3, -0.25) is 4.57 Å². The Kier molecular flexibility index (Phi) is 3.15. The number of anilines is 1. The molecule has 5 rings (SSSR count). The van der Waals surface area contributed by atoms with Crippen molar-refractivity contribution in [2.75, 3.05) is 5.73 Å². The molecule has 0 aliphatic rings. The number of nitrogens with two attached hydrogens (primary N) is 1. The molecule has 0 saturated heterocycles. The summed E-state index contributed by atoms with van der Waals surface area (Å²) in [6, 6.07) is 16.0. The summed E-state index contributed by atoms with van der Waals surface area (Å²) in [5.41, 5.74) is 11.6. The van der Waals surface area contributed by atoms with Crippen LogP contribution in [-0.4, -0.2) is 19.1 Å². The monoisotopic (exact) mass is 341 g/mol. The highest BCUT2D eigenvalue weighted by Gasteiger charge is 2.10. The summed E-state index contributed by atoms with van der Waals surface area (Å²) in [6.45, 7) is 0. The minimum absolute atomic E-state index is 0.700. The normalized spacial score (nSPS) is 11.2. The molecule has 0 bridgehead atoms. The molecule has 0 aliphatic carbocycles. The summed E-state index contributed by atoms with van der Waals surface area (Å²) < 4.78 is 9.43. The number of hydrogen-bond donors (Lipinski definition) is 1. The summed E-state index contributed by atoms with van der Waals surface area (Å²) in [6.07, 6.45) is 8.92. The molecule has 6 nitrogen and oxygen atoms in total. The second-order valence-electron chi connectivity index (χ2n) is 6.06. The molecule has 26 heavy (non-hydrogen) atoms. The maximum atomic E-state index is 6.14. The van der Waals surface area contributed by atoms with Crippen LogP contribution < -0.4 is 5.73 Å². The largest absolute Gasteiger partial charge is 0.444 e. The molecule has 0 radical (unpaired) electrons. The first-order valence-electron chi connectivity index (χ1n) is 8.18. The maximum Gasteiger partial charge on any atom is 0.181 e. The first-order valence-corrected chi connectivity index (χ1v) is 8.18. The highest BCUT2D eigenvalue weighted by molar-refractivity contribution is 5.82. The van der Waals surface area contributed by atoms with Crippen LogP contribution in [0.5, 0.6) is 0 Å². The van der Waals surface area contributed by atoms with Crippen molar-refractivity contribution in [1.82, 2.24) is 19.1 Å². The minimum atomic E-state index is 0.700. The number of oxazole rings is 1. The van der Waals surface area contributed by atoms with Crippen LogP contribution in [0.15, 0.2) is 84.3 Å². The number of imidazole rings is 1. The van der Waals surface area contributed by atoms with Crippen LogP contribution >= 0.6 is 0 Å². The van der Waals surface area contributed by atoms with E-state index in [-0.39, 0.29) is 0 Å². The fourth-order valence-electron chi connectivity index (χ4n) is 3.14. The van der Waals surface area contributed by atoms with Crippen LogP contribution in [0.3, 0.4) is 0 Å². The molecule has 3 heterocycles. The van der Waals surface area contributed by atoms with E-state index in [4.69, 9.17) is 10.2 Å². The number of aromatic nitrogens is 4. The van der Waals surface area contributed by atoms with Gasteiger partial charge in [0, 0.05) is 29.3 Å². The van der Waals surface area contributed by atoms with E-state index < -0.39 is 0 Å². The quantitative estimate of drug-likeness (QED) is 0.502. The Hall–Kier alpha value is -3.80. The first-order chi connectivity index (χ1) is 12.8. The van der Waals surface area contributed by atoms with Crippen molar-refractivity contribution < 1.29 is 4.42 Å². The van der Waals surface area contributed by atoms with E-state index in [9.17, 15) is 0 Å². The highest BCUT2D eigenvalue weighted by Crippen LogP contribution is 2.27. The zero-order valence-electron chi connectivity index (χ0n) is 13.8. The van der Waals surface area contributed by atoms with Crippen LogP contribution in [0.4, 0.5) is 5.69 Å². The molecule has 0 spiro atoms. The number of nitrogens with zero attached hydrogens (tertiary/aromatic N) is 4. The lowest BCUT2D eigenvalue weighted by Crippen LogP contribution is -1.98. The smallest absolute Gasteiger partial charge is 0.181 e. The van der Waals surface area contributed by atoms with Gasteiger partial charge < -0.3 is 14.7 Å². The lowest BCUT2D eigenvalue weighted by atomic mass is 10.1. The highest BCUT2D eigenvalue weighted by atomic mass is 16.3. The Morgan fingerprint density at radius 3 is 2.62 bits per heavy atom. The van der Waals surface area contributed by atoms with Gasteiger partial charge in [-0.2, -0.15) is 0 Å². The Morgan fingerprint density at radius 1 is 0.962 bits per heavy atom. The molecule has 0 saturated carbocycles. The molecule has 5 aromatic rings. The van der Waals surface area contributed by atoms with E-state index in [0.717, 1.165) is 33.7 Å². The predicted octanol–water partition coefficient (Wildman–Crippen LogP) is 4.05. The SMILES string of the molecule is Nc1cc(-n2cccc2)cc(-n2cnc3cc(-c4cnco4)ccc32)c1. The van der Waals surface area contributed by atoms with Crippen LogP contribution in [0.25, 0.3) is 33.7 Å². The van der Waals surface area contributed by atoms with Gasteiger partial charge in [0.05, 0.1) is 22.9 Å². The van der Waals surface area contributed by atoms with E-state index in [2.05, 4.69) is 16.0 Å². The Labute approximate surface area is 149 Å². The Morgan fingerprint density at radius 2 is 1.81 bits per heavy atom. The van der Waals surface area contributed by atoms with E-state index in [1.165, 1.54) is 6.39 Å². The summed E-state index contributed by atoms with van der Waals surface area (Å²) in [5.74, 6) is 0.722. The Bertz CT molecular complexity index is 1190. The van der Waals surface area contributed by atoms with E-state index in [1.54, 1.807) is 6.20 Å². The summed E-state index contributed by atoms with van der Waals surface area (Å²) in [4.78, 5) is 8.51. The summed E-state index contributed by atoms with van der Waals surface area (Å²) in [5, 5.41) is 0. The van der Waals surface area contributed by atoms with Crippen LogP contribution in [0.1, 0.15) is 0 Å². The number of hydrogen-bond acceptors (Lipinski definition) is 4. The van der Waals surface area contributed by atoms with Crippen molar-refractivity contribution in [2.24, 2.45) is 0 Å². The van der Waals surface area contributed by atoms with Gasteiger partial charge >= 0.3 is 0 Å². The summed E-state index contributed by atoms with van der Waals surface area (Å²) in [7, 11) is 0. The summed E-state index contributed by atoms with van der Waals surface area (Å²) >= 11 is 0. The van der Waals surface area contributed by atoms with Gasteiger partial charge in [-0.15, -0.1) is 0 Å². The van der Waals surface area contributed by atoms with Gasteiger partial charge in [0.25, 0.3) is 0 Å². The molecule has 6 heteroatoms. The van der Waals surface area contributed by atoms with Crippen molar-refractivity contribution in [3.8, 4) is 22.7 Å². The van der Waals surface area contributed by atoms with Gasteiger partial charge in [0.1, 0.15) is 6.33 Å². The third kappa shape index (κ3) is 2.36. The van der Waals surface area contributed by atoms with Gasteiger partial charge in [-0.1, -0.05) is 0 Å². The van der Waals surface area contributed by atoms with Crippen molar-refractivity contribution in [2.45, 2.75) is 0 Å². The first kappa shape index (κ1) is 14.5. The molecule has 0 atom stereocenters. The van der Waals surface area contributed by atoms with E-state index in [1.807, 2.05) is 70.3 Å². The van der Waals surface area contributed by atoms with Crippen LogP contribution in [0, 0.1) is 0 Å². The second kappa shape index (κ2) is 5.63. The average Bonchev–Trinajstić information content (AvgIpc) is 3.41. The predicted molar refractivity (Wildman–Crippen MR) is 100 cm³/mol. The third-order valence-corrected chi connectivity index (χ3v) is 4.37. The molecule has 0 aliphatic heterocycles. The van der Waals surface area contributed by atoms with Crippen LogP contribution in [0.2, 0.25) is 0 Å². The lowest BCUT2D eigenvalue weighted by molar-refractivity contribution is 0.572. The molecule has 0 unspecified atom stereocenters. The van der Waals surface area contributed by atoms with E-state index >= 15 is 0 Å². The molecule has 2 N–H and O–H groups in total. The number of benzene rings is 2. The molecular formula is C20H15N5O. The molecule has 3 aromatic heterocycles. The molecule has 0 amide bonds. The molecular weight excluding hydrogens is 326 g/mol. The average molecular weight is 341 g/mol. The third-order valence-electron chi connectivity index (χ3n) is 4.37. The van der Waals surface area contributed by atoms with Crippen LogP contribution in [-0.2, 0) is 0 Å². The van der Waals surface area contributed by atoms with Crippen molar-refractivity contribution >= 4 is 16.7 Å². The number of fused-ring (bicyclic) bond motifs is 1. The second-order valence-corrected chi connectivity index (χ2v) is 6.06. The van der Waals surface area contributed by atoms with Crippen molar-refractivity contribution in [1.29, 1.82) is 0 Å². The fraction of sp³-hybridized carbons (Fsp3) is 0. The van der Waals surface area contributed by atoms with Gasteiger partial charge in [-0.25, -0.2) is 9.97 Å². The van der Waals surface area contributed by atoms with E-state index in [0.29, 0.717) is 5.69 Å². The lowest BCUT2D eigenvalue weighted by Gasteiger charge is -2.10. The van der Waals surface area contributed by atoms with Crippen molar-refractivity contribution in [3.63, 3.8) is 0 Å². The molecule has 2 aromatic carbocycles. The number of nitrogen functional groups attached to an aromatic ring is 1. The zero-order valence-corrected chi connectivity index (χ0v) is 13.8. The van der Waals surface area contributed by atoms with Gasteiger partial charge in [-0.05, 0) is 48.5 Å².